The molecule has 10 heteroatoms. The van der Waals surface area contributed by atoms with Gasteiger partial charge in [-0.05, 0) is 29.8 Å². The Balaban J connectivity index is 1.92. The third-order valence-electron chi connectivity index (χ3n) is 5.24. The highest BCUT2D eigenvalue weighted by Crippen LogP contribution is 2.38. The monoisotopic (exact) mass is 448 g/mol. The number of carbonyl (C=O) groups excluding carboxylic acids is 1. The molecule has 172 valence electrons. The number of ketones is 1. The van der Waals surface area contributed by atoms with Gasteiger partial charge in [0.05, 0.1) is 12.2 Å². The first-order valence-electron chi connectivity index (χ1n) is 9.62. The molecule has 32 heavy (non-hydrogen) atoms. The minimum absolute atomic E-state index is 0.00416. The van der Waals surface area contributed by atoms with E-state index in [9.17, 15) is 40.5 Å². The lowest BCUT2D eigenvalue weighted by molar-refractivity contribution is -0.126. The molecule has 0 aromatic heterocycles. The number of carbonyl (C=O) groups is 1. The molecule has 0 bridgehead atoms. The van der Waals surface area contributed by atoms with E-state index >= 15 is 0 Å². The average molecular weight is 448 g/mol. The van der Waals surface area contributed by atoms with Crippen LogP contribution in [-0.2, 0) is 4.74 Å². The van der Waals surface area contributed by atoms with Crippen LogP contribution >= 0.6 is 0 Å². The van der Waals surface area contributed by atoms with Crippen LogP contribution in [0.15, 0.2) is 35.9 Å². The smallest absolute Gasteiger partial charge is 0.196 e. The second-order valence-electron chi connectivity index (χ2n) is 7.33. The van der Waals surface area contributed by atoms with Crippen LogP contribution in [0.25, 0.3) is 6.08 Å². The number of fused-ring (bicyclic) bond motifs is 1. The summed E-state index contributed by atoms with van der Waals surface area (Å²) in [4.78, 5) is 13.0. The summed E-state index contributed by atoms with van der Waals surface area (Å²) in [6, 6.07) is 6.29. The first-order valence-corrected chi connectivity index (χ1v) is 9.62. The standard InChI is InChI=1S/C22H24O10/c1-31-18(8-23)21(29)22(30)20(28)12-6-13-17(7-15(12)25)32-9-11(19(13)27)4-10-2-3-14(24)16(26)5-10/h2-7,18,20-26,28-30H,8-9H2,1H3/b11-4+. The second kappa shape index (κ2) is 9.55. The molecular formula is C22H24O10. The predicted octanol–water partition coefficient (Wildman–Crippen LogP) is 0.225. The molecule has 0 fully saturated rings. The Morgan fingerprint density at radius 3 is 2.38 bits per heavy atom. The fraction of sp³-hybridized carbons (Fsp3) is 0.318. The van der Waals surface area contributed by atoms with Gasteiger partial charge in [0.15, 0.2) is 17.3 Å². The molecule has 1 heterocycles. The van der Waals surface area contributed by atoms with Gasteiger partial charge in [0.25, 0.3) is 0 Å². The summed E-state index contributed by atoms with van der Waals surface area (Å²) < 4.78 is 10.4. The fourth-order valence-electron chi connectivity index (χ4n) is 3.36. The number of hydrogen-bond donors (Lipinski definition) is 7. The highest BCUT2D eigenvalue weighted by Gasteiger charge is 2.35. The van der Waals surface area contributed by atoms with Gasteiger partial charge >= 0.3 is 0 Å². The van der Waals surface area contributed by atoms with Crippen molar-refractivity contribution < 1.29 is 50.0 Å². The van der Waals surface area contributed by atoms with E-state index in [1.807, 2.05) is 0 Å². The van der Waals surface area contributed by atoms with E-state index in [-0.39, 0.29) is 40.6 Å². The average Bonchev–Trinajstić information content (AvgIpc) is 2.77. The summed E-state index contributed by atoms with van der Waals surface area (Å²) in [6.07, 6.45) is -5.06. The van der Waals surface area contributed by atoms with Gasteiger partial charge in [-0.2, -0.15) is 0 Å². The molecule has 4 unspecified atom stereocenters. The minimum atomic E-state index is -1.84. The lowest BCUT2D eigenvalue weighted by atomic mass is 9.91. The SMILES string of the molecule is COC(CO)C(O)C(O)C(O)c1cc2c(cc1O)OC/C(=C\c1ccc(O)c(O)c1)C2=O. The number of phenols is 3. The third kappa shape index (κ3) is 4.54. The molecule has 2 aromatic carbocycles. The summed E-state index contributed by atoms with van der Waals surface area (Å²) in [5.41, 5.74) is 0.407. The molecule has 0 radical (unpaired) electrons. The van der Waals surface area contributed by atoms with Gasteiger partial charge in [0, 0.05) is 24.3 Å². The van der Waals surface area contributed by atoms with Crippen LogP contribution in [0.4, 0.5) is 0 Å². The van der Waals surface area contributed by atoms with Gasteiger partial charge in [0.2, 0.25) is 0 Å². The Bertz CT molecular complexity index is 1030. The number of aliphatic hydroxyl groups is 4. The van der Waals surface area contributed by atoms with Crippen molar-refractivity contribution in [1.82, 2.24) is 0 Å². The van der Waals surface area contributed by atoms with Gasteiger partial charge < -0.3 is 45.2 Å². The second-order valence-corrected chi connectivity index (χ2v) is 7.33. The molecule has 0 saturated carbocycles. The number of aromatic hydroxyl groups is 3. The molecule has 0 amide bonds. The normalized spacial score (nSPS) is 18.5. The molecular weight excluding hydrogens is 424 g/mol. The minimum Gasteiger partial charge on any atom is -0.507 e. The topological polar surface area (TPSA) is 177 Å². The van der Waals surface area contributed by atoms with Gasteiger partial charge in [-0.3, -0.25) is 4.79 Å². The van der Waals surface area contributed by atoms with Crippen LogP contribution in [0.2, 0.25) is 0 Å². The Hall–Kier alpha value is -3.15. The van der Waals surface area contributed by atoms with E-state index in [2.05, 4.69) is 0 Å². The van der Waals surface area contributed by atoms with Gasteiger partial charge in [-0.25, -0.2) is 0 Å². The molecule has 7 N–H and O–H groups in total. The van der Waals surface area contributed by atoms with E-state index in [4.69, 9.17) is 9.47 Å². The van der Waals surface area contributed by atoms with E-state index in [0.29, 0.717) is 5.56 Å². The maximum absolute atomic E-state index is 13.0. The summed E-state index contributed by atoms with van der Waals surface area (Å²) >= 11 is 0. The summed E-state index contributed by atoms with van der Waals surface area (Å²) in [6.45, 7) is -0.743. The van der Waals surface area contributed by atoms with E-state index in [1.165, 1.54) is 31.4 Å². The number of benzene rings is 2. The number of Topliss-reactive ketones (excluding diaryl/α,β-unsaturated/α-hetero) is 1. The lowest BCUT2D eigenvalue weighted by Gasteiger charge is -2.29. The van der Waals surface area contributed by atoms with Gasteiger partial charge in [-0.1, -0.05) is 6.07 Å². The van der Waals surface area contributed by atoms with Gasteiger partial charge in [-0.15, -0.1) is 0 Å². The number of hydrogen-bond acceptors (Lipinski definition) is 10. The van der Waals surface area contributed by atoms with Crippen molar-refractivity contribution in [3.05, 3.63) is 52.6 Å². The van der Waals surface area contributed by atoms with Crippen LogP contribution in [0.5, 0.6) is 23.0 Å². The molecule has 0 aliphatic carbocycles. The molecule has 0 spiro atoms. The van der Waals surface area contributed by atoms with Crippen LogP contribution < -0.4 is 4.74 Å². The van der Waals surface area contributed by atoms with Crippen molar-refractivity contribution in [2.24, 2.45) is 0 Å². The van der Waals surface area contributed by atoms with Crippen molar-refractivity contribution in [3.8, 4) is 23.0 Å². The first kappa shape index (κ1) is 23.5. The summed E-state index contributed by atoms with van der Waals surface area (Å²) in [5.74, 6) is -1.55. The molecule has 1 aliphatic heterocycles. The highest BCUT2D eigenvalue weighted by atomic mass is 16.5. The van der Waals surface area contributed by atoms with E-state index < -0.39 is 42.6 Å². The molecule has 0 saturated heterocycles. The maximum atomic E-state index is 13.0. The van der Waals surface area contributed by atoms with Gasteiger partial charge in [0.1, 0.15) is 42.5 Å². The van der Waals surface area contributed by atoms with Crippen LogP contribution in [0.3, 0.4) is 0 Å². The van der Waals surface area contributed by atoms with Crippen molar-refractivity contribution in [2.45, 2.75) is 24.4 Å². The maximum Gasteiger partial charge on any atom is 0.196 e. The zero-order valence-electron chi connectivity index (χ0n) is 17.0. The Kier molecular flexibility index (Phi) is 7.02. The first-order chi connectivity index (χ1) is 15.2. The van der Waals surface area contributed by atoms with Crippen molar-refractivity contribution >= 4 is 11.9 Å². The number of phenolic OH excluding ortho intramolecular Hbond substituents is 3. The zero-order valence-corrected chi connectivity index (χ0v) is 17.0. The van der Waals surface area contributed by atoms with Crippen LogP contribution in [-0.4, -0.2) is 80.2 Å². The van der Waals surface area contributed by atoms with E-state index in [0.717, 1.165) is 12.1 Å². The highest BCUT2D eigenvalue weighted by molar-refractivity contribution is 6.14. The largest absolute Gasteiger partial charge is 0.507 e. The Morgan fingerprint density at radius 1 is 1.03 bits per heavy atom. The molecule has 1 aliphatic rings. The predicted molar refractivity (Wildman–Crippen MR) is 111 cm³/mol. The van der Waals surface area contributed by atoms with Crippen LogP contribution in [0.1, 0.15) is 27.6 Å². The number of rotatable bonds is 7. The number of ether oxygens (including phenoxy) is 2. The van der Waals surface area contributed by atoms with Crippen molar-refractivity contribution in [1.29, 1.82) is 0 Å². The lowest BCUT2D eigenvalue weighted by Crippen LogP contribution is -2.43. The third-order valence-corrected chi connectivity index (χ3v) is 5.24. The molecule has 10 nitrogen and oxygen atoms in total. The quantitative estimate of drug-likeness (QED) is 0.229. The summed E-state index contributed by atoms with van der Waals surface area (Å²) in [5, 5.41) is 69.4. The number of methoxy groups -OCH3 is 1. The van der Waals surface area contributed by atoms with Crippen molar-refractivity contribution in [2.75, 3.05) is 20.3 Å². The molecule has 4 atom stereocenters. The zero-order chi connectivity index (χ0) is 23.6. The Labute approximate surface area is 182 Å². The van der Waals surface area contributed by atoms with Crippen LogP contribution in [0, 0.1) is 0 Å². The van der Waals surface area contributed by atoms with Crippen molar-refractivity contribution in [3.63, 3.8) is 0 Å². The fourth-order valence-corrected chi connectivity index (χ4v) is 3.36. The Morgan fingerprint density at radius 2 is 1.75 bits per heavy atom. The molecule has 3 rings (SSSR count). The summed E-state index contributed by atoms with van der Waals surface area (Å²) in [7, 11) is 1.21. The number of aliphatic hydroxyl groups excluding tert-OH is 4. The molecule has 2 aromatic rings. The van der Waals surface area contributed by atoms with E-state index in [1.54, 1.807) is 0 Å².